The highest BCUT2D eigenvalue weighted by molar-refractivity contribution is 6.00. The second-order valence-electron chi connectivity index (χ2n) is 5.59. The van der Waals surface area contributed by atoms with Crippen molar-refractivity contribution in [2.45, 2.75) is 26.4 Å². The van der Waals surface area contributed by atoms with Crippen LogP contribution in [0, 0.1) is 11.8 Å². The smallest absolute Gasteiger partial charge is 0.172 e. The standard InChI is InChI=1S/C17H20O2/c1-12(2)14-9-10-15(17(3,19)11-14)16(18)13-7-5-4-6-8-13/h4-12,15,19H,1-3H3. The molecule has 1 N–H and O–H groups in total. The average Bonchev–Trinajstić information content (AvgIpc) is 2.37. The predicted octanol–water partition coefficient (Wildman–Crippen LogP) is 3.39. The van der Waals surface area contributed by atoms with Gasteiger partial charge in [-0.3, -0.25) is 4.79 Å². The number of carbonyl (C=O) groups excluding carboxylic acids is 1. The first-order valence-corrected chi connectivity index (χ1v) is 6.64. The van der Waals surface area contributed by atoms with Crippen LogP contribution in [0.3, 0.4) is 0 Å². The molecule has 0 saturated carbocycles. The van der Waals surface area contributed by atoms with E-state index in [4.69, 9.17) is 0 Å². The third kappa shape index (κ3) is 2.85. The highest BCUT2D eigenvalue weighted by atomic mass is 16.3. The molecule has 19 heavy (non-hydrogen) atoms. The lowest BCUT2D eigenvalue weighted by molar-refractivity contribution is 0.0513. The van der Waals surface area contributed by atoms with Crippen molar-refractivity contribution in [1.29, 1.82) is 0 Å². The molecule has 100 valence electrons. The van der Waals surface area contributed by atoms with E-state index >= 15 is 0 Å². The summed E-state index contributed by atoms with van der Waals surface area (Å²) in [7, 11) is 0. The van der Waals surface area contributed by atoms with Gasteiger partial charge in [-0.25, -0.2) is 0 Å². The number of hydrogen-bond donors (Lipinski definition) is 1. The van der Waals surface area contributed by atoms with Gasteiger partial charge in [0, 0.05) is 5.56 Å². The summed E-state index contributed by atoms with van der Waals surface area (Å²) in [6, 6.07) is 9.12. The lowest BCUT2D eigenvalue weighted by atomic mass is 9.77. The van der Waals surface area contributed by atoms with Crippen molar-refractivity contribution in [2.75, 3.05) is 0 Å². The Bertz CT molecular complexity index is 521. The minimum atomic E-state index is -1.12. The molecule has 2 nitrogen and oxygen atoms in total. The van der Waals surface area contributed by atoms with Gasteiger partial charge in [0.15, 0.2) is 5.78 Å². The van der Waals surface area contributed by atoms with Crippen LogP contribution in [0.5, 0.6) is 0 Å². The summed E-state index contributed by atoms with van der Waals surface area (Å²) in [6.45, 7) is 5.85. The van der Waals surface area contributed by atoms with Gasteiger partial charge in [-0.05, 0) is 24.5 Å². The van der Waals surface area contributed by atoms with Crippen LogP contribution in [0.2, 0.25) is 0 Å². The second-order valence-corrected chi connectivity index (χ2v) is 5.59. The molecule has 0 fully saturated rings. The maximum atomic E-state index is 12.5. The molecule has 2 unspecified atom stereocenters. The fraction of sp³-hybridized carbons (Fsp3) is 0.353. The van der Waals surface area contributed by atoms with Crippen LogP contribution < -0.4 is 0 Å². The third-order valence-electron chi connectivity index (χ3n) is 3.58. The molecule has 0 spiro atoms. The van der Waals surface area contributed by atoms with Crippen molar-refractivity contribution in [3.8, 4) is 0 Å². The van der Waals surface area contributed by atoms with Crippen LogP contribution in [0.25, 0.3) is 0 Å². The van der Waals surface area contributed by atoms with E-state index in [0.29, 0.717) is 11.5 Å². The number of ketones is 1. The van der Waals surface area contributed by atoms with Crippen molar-refractivity contribution < 1.29 is 9.90 Å². The van der Waals surface area contributed by atoms with E-state index in [1.165, 1.54) is 0 Å². The van der Waals surface area contributed by atoms with Crippen molar-refractivity contribution >= 4 is 5.78 Å². The number of rotatable bonds is 3. The molecule has 2 atom stereocenters. The van der Waals surface area contributed by atoms with Crippen LogP contribution in [0.15, 0.2) is 54.1 Å². The molecule has 0 saturated heterocycles. The van der Waals surface area contributed by atoms with E-state index in [1.807, 2.05) is 36.4 Å². The van der Waals surface area contributed by atoms with E-state index in [9.17, 15) is 9.90 Å². The molecular weight excluding hydrogens is 236 g/mol. The Balaban J connectivity index is 2.29. The van der Waals surface area contributed by atoms with Crippen LogP contribution in [0.4, 0.5) is 0 Å². The number of hydrogen-bond acceptors (Lipinski definition) is 2. The maximum Gasteiger partial charge on any atom is 0.172 e. The first kappa shape index (κ1) is 13.8. The zero-order valence-electron chi connectivity index (χ0n) is 11.6. The van der Waals surface area contributed by atoms with Gasteiger partial charge < -0.3 is 5.11 Å². The van der Waals surface area contributed by atoms with E-state index in [2.05, 4.69) is 13.8 Å². The summed E-state index contributed by atoms with van der Waals surface area (Å²) < 4.78 is 0. The molecule has 0 bridgehead atoms. The molecule has 1 aromatic carbocycles. The Labute approximate surface area is 114 Å². The van der Waals surface area contributed by atoms with Gasteiger partial charge in [0.1, 0.15) is 0 Å². The summed E-state index contributed by atoms with van der Waals surface area (Å²) >= 11 is 0. The van der Waals surface area contributed by atoms with Gasteiger partial charge in [0.05, 0.1) is 11.5 Å². The van der Waals surface area contributed by atoms with E-state index in [-0.39, 0.29) is 5.78 Å². The average molecular weight is 256 g/mol. The topological polar surface area (TPSA) is 37.3 Å². The number of Topliss-reactive ketones (excluding diaryl/α,β-unsaturated/α-hetero) is 1. The summed E-state index contributed by atoms with van der Waals surface area (Å²) in [4.78, 5) is 12.5. The van der Waals surface area contributed by atoms with E-state index < -0.39 is 11.5 Å². The van der Waals surface area contributed by atoms with Crippen LogP contribution in [-0.2, 0) is 0 Å². The summed E-state index contributed by atoms with van der Waals surface area (Å²) in [5, 5.41) is 10.5. The monoisotopic (exact) mass is 256 g/mol. The molecule has 0 amide bonds. The molecule has 2 rings (SSSR count). The van der Waals surface area contributed by atoms with Crippen molar-refractivity contribution in [3.63, 3.8) is 0 Å². The number of benzene rings is 1. The molecule has 1 aromatic rings. The molecular formula is C17H20O2. The van der Waals surface area contributed by atoms with E-state index in [1.54, 1.807) is 19.1 Å². The highest BCUT2D eigenvalue weighted by Crippen LogP contribution is 2.32. The number of allylic oxidation sites excluding steroid dienone is 2. The normalized spacial score (nSPS) is 26.4. The van der Waals surface area contributed by atoms with Crippen molar-refractivity contribution in [2.24, 2.45) is 11.8 Å². The fourth-order valence-corrected chi connectivity index (χ4v) is 2.37. The lowest BCUT2D eigenvalue weighted by Crippen LogP contribution is -2.39. The molecule has 1 aliphatic carbocycles. The fourth-order valence-electron chi connectivity index (χ4n) is 2.37. The van der Waals surface area contributed by atoms with Crippen LogP contribution in [0.1, 0.15) is 31.1 Å². The van der Waals surface area contributed by atoms with Gasteiger partial charge >= 0.3 is 0 Å². The number of aliphatic hydroxyl groups is 1. The molecule has 2 heteroatoms. The highest BCUT2D eigenvalue weighted by Gasteiger charge is 2.36. The van der Waals surface area contributed by atoms with Crippen molar-refractivity contribution in [3.05, 3.63) is 59.7 Å². The van der Waals surface area contributed by atoms with Gasteiger partial charge in [-0.2, -0.15) is 0 Å². The molecule has 0 aliphatic heterocycles. The van der Waals surface area contributed by atoms with Crippen LogP contribution in [-0.4, -0.2) is 16.5 Å². The SMILES string of the molecule is CC(C)C1=CC(C)(O)C(C(=O)c2ccccc2)C=C1. The minimum Gasteiger partial charge on any atom is -0.385 e. The molecule has 0 heterocycles. The van der Waals surface area contributed by atoms with Crippen LogP contribution >= 0.6 is 0 Å². The molecule has 1 aliphatic rings. The first-order chi connectivity index (χ1) is 8.92. The van der Waals surface area contributed by atoms with E-state index in [0.717, 1.165) is 5.57 Å². The first-order valence-electron chi connectivity index (χ1n) is 6.64. The van der Waals surface area contributed by atoms with Gasteiger partial charge in [-0.1, -0.05) is 56.3 Å². The zero-order chi connectivity index (χ0) is 14.0. The van der Waals surface area contributed by atoms with Gasteiger partial charge in [0.25, 0.3) is 0 Å². The Kier molecular flexibility index (Phi) is 3.72. The Morgan fingerprint density at radius 3 is 2.42 bits per heavy atom. The number of carbonyl (C=O) groups is 1. The summed E-state index contributed by atoms with van der Waals surface area (Å²) in [5.74, 6) is -0.214. The van der Waals surface area contributed by atoms with Gasteiger partial charge in [0.2, 0.25) is 0 Å². The second kappa shape index (κ2) is 5.14. The predicted molar refractivity (Wildman–Crippen MR) is 76.9 cm³/mol. The quantitative estimate of drug-likeness (QED) is 0.842. The summed E-state index contributed by atoms with van der Waals surface area (Å²) in [5.41, 5.74) is 0.585. The van der Waals surface area contributed by atoms with Gasteiger partial charge in [-0.15, -0.1) is 0 Å². The Morgan fingerprint density at radius 2 is 1.89 bits per heavy atom. The third-order valence-corrected chi connectivity index (χ3v) is 3.58. The largest absolute Gasteiger partial charge is 0.385 e. The van der Waals surface area contributed by atoms with Crippen molar-refractivity contribution in [1.82, 2.24) is 0 Å². The molecule has 0 radical (unpaired) electrons. The maximum absolute atomic E-state index is 12.5. The summed E-state index contributed by atoms with van der Waals surface area (Å²) in [6.07, 6.45) is 5.59. The Hall–Kier alpha value is -1.67. The zero-order valence-corrected chi connectivity index (χ0v) is 11.6. The minimum absolute atomic E-state index is 0.0408. The lowest BCUT2D eigenvalue weighted by Gasteiger charge is -2.31. The Morgan fingerprint density at radius 1 is 1.26 bits per heavy atom. The molecule has 0 aromatic heterocycles.